The third kappa shape index (κ3) is 5.87. The van der Waals surface area contributed by atoms with Gasteiger partial charge in [-0.3, -0.25) is 9.59 Å². The molecule has 3 aromatic carbocycles. The number of carbonyl (C=O) groups is 2. The zero-order chi connectivity index (χ0) is 23.9. The van der Waals surface area contributed by atoms with Crippen molar-refractivity contribution >= 4 is 11.8 Å². The summed E-state index contributed by atoms with van der Waals surface area (Å²) in [6.45, 7) is 1.87. The second-order valence-corrected chi connectivity index (χ2v) is 8.67. The van der Waals surface area contributed by atoms with Crippen LogP contribution in [0.4, 0.5) is 8.78 Å². The highest BCUT2D eigenvalue weighted by Gasteiger charge is 2.31. The third-order valence-electron chi connectivity index (χ3n) is 6.33. The Morgan fingerprint density at radius 2 is 1.47 bits per heavy atom. The van der Waals surface area contributed by atoms with E-state index in [0.29, 0.717) is 39.0 Å². The Balaban J connectivity index is 1.40. The van der Waals surface area contributed by atoms with Crippen LogP contribution < -0.4 is 0 Å². The molecule has 1 heterocycles. The molecule has 0 bridgehead atoms. The van der Waals surface area contributed by atoms with E-state index in [0.717, 1.165) is 24.1 Å². The number of rotatable bonds is 7. The second-order valence-electron chi connectivity index (χ2n) is 8.67. The van der Waals surface area contributed by atoms with Crippen molar-refractivity contribution in [1.29, 1.82) is 0 Å². The van der Waals surface area contributed by atoms with Gasteiger partial charge in [-0.1, -0.05) is 60.7 Å². The largest absolute Gasteiger partial charge is 0.339 e. The minimum Gasteiger partial charge on any atom is -0.339 e. The number of halogens is 2. The average molecular weight is 463 g/mol. The number of hydrogen-bond acceptors (Lipinski definition) is 2. The molecule has 1 aliphatic rings. The van der Waals surface area contributed by atoms with Gasteiger partial charge in [0.15, 0.2) is 0 Å². The number of amides is 2. The molecule has 0 radical (unpaired) electrons. The van der Waals surface area contributed by atoms with E-state index in [1.165, 1.54) is 11.6 Å². The number of carbonyl (C=O) groups excluding carboxylic acids is 2. The van der Waals surface area contributed by atoms with Crippen molar-refractivity contribution in [1.82, 2.24) is 9.80 Å². The van der Waals surface area contributed by atoms with Crippen molar-refractivity contribution in [3.63, 3.8) is 0 Å². The fourth-order valence-electron chi connectivity index (χ4n) is 4.40. The molecular weight excluding hydrogens is 434 g/mol. The molecule has 0 aromatic heterocycles. The van der Waals surface area contributed by atoms with Gasteiger partial charge in [-0.15, -0.1) is 0 Å². The van der Waals surface area contributed by atoms with Gasteiger partial charge < -0.3 is 9.80 Å². The number of nitrogens with zero attached hydrogens (tertiary/aromatic N) is 2. The van der Waals surface area contributed by atoms with E-state index < -0.39 is 17.5 Å². The maximum atomic E-state index is 14.1. The number of piperidine rings is 1. The minimum atomic E-state index is -0.863. The molecule has 6 heteroatoms. The molecule has 0 spiro atoms. The molecule has 176 valence electrons. The maximum absolute atomic E-state index is 14.1. The fourth-order valence-corrected chi connectivity index (χ4v) is 4.40. The van der Waals surface area contributed by atoms with Crippen LogP contribution in [0.5, 0.6) is 0 Å². The number of benzene rings is 3. The normalized spacial score (nSPS) is 14.1. The lowest BCUT2D eigenvalue weighted by molar-refractivity contribution is -0.137. The number of likely N-dealkylation sites (tertiary alicyclic amines) is 1. The molecule has 1 aliphatic heterocycles. The molecule has 0 aliphatic carbocycles. The summed E-state index contributed by atoms with van der Waals surface area (Å²) in [6, 6.07) is 23.0. The molecule has 4 nitrogen and oxygen atoms in total. The van der Waals surface area contributed by atoms with Crippen LogP contribution in [-0.4, -0.2) is 41.2 Å². The van der Waals surface area contributed by atoms with E-state index in [-0.39, 0.29) is 17.4 Å². The molecule has 2 amide bonds. The zero-order valence-electron chi connectivity index (χ0n) is 19.0. The predicted octanol–water partition coefficient (Wildman–Crippen LogP) is 5.09. The van der Waals surface area contributed by atoms with Crippen LogP contribution in [0.2, 0.25) is 0 Å². The van der Waals surface area contributed by atoms with Gasteiger partial charge in [-0.05, 0) is 42.5 Å². The fraction of sp³-hybridized carbons (Fsp3) is 0.286. The zero-order valence-corrected chi connectivity index (χ0v) is 19.0. The summed E-state index contributed by atoms with van der Waals surface area (Å²) in [6.07, 6.45) is 1.80. The molecule has 1 fully saturated rings. The van der Waals surface area contributed by atoms with Gasteiger partial charge >= 0.3 is 0 Å². The monoisotopic (exact) mass is 462 g/mol. The van der Waals surface area contributed by atoms with Gasteiger partial charge in [0.2, 0.25) is 5.91 Å². The topological polar surface area (TPSA) is 40.6 Å². The molecule has 1 saturated heterocycles. The molecule has 0 atom stereocenters. The highest BCUT2D eigenvalue weighted by molar-refractivity contribution is 5.94. The van der Waals surface area contributed by atoms with Gasteiger partial charge in [0.05, 0.1) is 5.56 Å². The lowest BCUT2D eigenvalue weighted by Crippen LogP contribution is -2.45. The summed E-state index contributed by atoms with van der Waals surface area (Å²) >= 11 is 0. The van der Waals surface area contributed by atoms with Crippen LogP contribution >= 0.6 is 0 Å². The van der Waals surface area contributed by atoms with Crippen LogP contribution in [0.3, 0.4) is 0 Å². The Labute approximate surface area is 198 Å². The van der Waals surface area contributed by atoms with Gasteiger partial charge in [0.1, 0.15) is 11.6 Å². The summed E-state index contributed by atoms with van der Waals surface area (Å²) in [5.74, 6) is -2.15. The Morgan fingerprint density at radius 3 is 2.09 bits per heavy atom. The van der Waals surface area contributed by atoms with E-state index in [4.69, 9.17) is 0 Å². The molecule has 4 rings (SSSR count). The first kappa shape index (κ1) is 23.6. The SMILES string of the molecule is O=C(c1ccc(F)cc1F)N1CCC(C(=O)N(CCc2ccccc2)Cc2ccccc2)CC1. The number of hydrogen-bond donors (Lipinski definition) is 0. The molecule has 0 saturated carbocycles. The minimum absolute atomic E-state index is 0.0832. The second kappa shape index (κ2) is 11.1. The van der Waals surface area contributed by atoms with E-state index in [9.17, 15) is 18.4 Å². The van der Waals surface area contributed by atoms with Crippen molar-refractivity contribution < 1.29 is 18.4 Å². The first-order chi connectivity index (χ1) is 16.5. The van der Waals surface area contributed by atoms with Crippen molar-refractivity contribution in [2.24, 2.45) is 5.92 Å². The molecule has 0 N–H and O–H groups in total. The standard InChI is InChI=1S/C28H28F2N2O2/c29-24-11-12-25(26(30)19-24)28(34)31-17-14-23(15-18-31)27(33)32(20-22-9-5-2-6-10-22)16-13-21-7-3-1-4-8-21/h1-12,19,23H,13-18,20H2. The smallest absolute Gasteiger partial charge is 0.256 e. The lowest BCUT2D eigenvalue weighted by atomic mass is 9.94. The van der Waals surface area contributed by atoms with Crippen molar-refractivity contribution in [2.75, 3.05) is 19.6 Å². The van der Waals surface area contributed by atoms with E-state index in [1.807, 2.05) is 53.4 Å². The average Bonchev–Trinajstić information content (AvgIpc) is 2.87. The van der Waals surface area contributed by atoms with Crippen LogP contribution in [0.25, 0.3) is 0 Å². The highest BCUT2D eigenvalue weighted by atomic mass is 19.1. The van der Waals surface area contributed by atoms with Gasteiger partial charge in [0.25, 0.3) is 5.91 Å². The summed E-state index contributed by atoms with van der Waals surface area (Å²) in [7, 11) is 0. The van der Waals surface area contributed by atoms with Crippen molar-refractivity contribution in [3.05, 3.63) is 107 Å². The highest BCUT2D eigenvalue weighted by Crippen LogP contribution is 2.23. The molecular formula is C28H28F2N2O2. The first-order valence-corrected chi connectivity index (χ1v) is 11.6. The van der Waals surface area contributed by atoms with E-state index in [2.05, 4.69) is 12.1 Å². The molecule has 3 aromatic rings. The van der Waals surface area contributed by atoms with Gasteiger partial charge in [-0.2, -0.15) is 0 Å². The van der Waals surface area contributed by atoms with Crippen LogP contribution in [-0.2, 0) is 17.8 Å². The molecule has 0 unspecified atom stereocenters. The first-order valence-electron chi connectivity index (χ1n) is 11.6. The summed E-state index contributed by atoms with van der Waals surface area (Å²) < 4.78 is 27.2. The van der Waals surface area contributed by atoms with Crippen LogP contribution in [0.15, 0.2) is 78.9 Å². The Hall–Kier alpha value is -3.54. The van der Waals surface area contributed by atoms with Gasteiger partial charge in [-0.25, -0.2) is 8.78 Å². The predicted molar refractivity (Wildman–Crippen MR) is 127 cm³/mol. The molecule has 34 heavy (non-hydrogen) atoms. The quantitative estimate of drug-likeness (QED) is 0.491. The van der Waals surface area contributed by atoms with Gasteiger partial charge in [0, 0.05) is 38.2 Å². The van der Waals surface area contributed by atoms with E-state index >= 15 is 0 Å². The third-order valence-corrected chi connectivity index (χ3v) is 6.33. The van der Waals surface area contributed by atoms with Crippen molar-refractivity contribution in [3.8, 4) is 0 Å². The van der Waals surface area contributed by atoms with Crippen molar-refractivity contribution in [2.45, 2.75) is 25.8 Å². The van der Waals surface area contributed by atoms with Crippen LogP contribution in [0.1, 0.15) is 34.3 Å². The Bertz CT molecular complexity index is 1110. The van der Waals surface area contributed by atoms with E-state index in [1.54, 1.807) is 4.90 Å². The Morgan fingerprint density at radius 1 is 0.853 bits per heavy atom. The lowest BCUT2D eigenvalue weighted by Gasteiger charge is -2.34. The maximum Gasteiger partial charge on any atom is 0.256 e. The Kier molecular flexibility index (Phi) is 7.68. The van der Waals surface area contributed by atoms with Crippen LogP contribution in [0, 0.1) is 17.6 Å². The summed E-state index contributed by atoms with van der Waals surface area (Å²) in [5.41, 5.74) is 2.11. The summed E-state index contributed by atoms with van der Waals surface area (Å²) in [5, 5.41) is 0. The summed E-state index contributed by atoms with van der Waals surface area (Å²) in [4.78, 5) is 29.6.